The van der Waals surface area contributed by atoms with Crippen molar-refractivity contribution in [2.45, 2.75) is 74.3 Å². The van der Waals surface area contributed by atoms with E-state index < -0.39 is 22.6 Å². The molecule has 3 aliphatic heterocycles. The standard InChI is InChI=1S/C36H46N2O5S/c1-4-6-7-14-22-43-35(42)30-29-23-25(3)36(44-29)31(30)33(40)38(20-12-8-9-13-21-39)32(36)34(41)37(19-5-2)28-18-17-26-15-10-11-16-27(26)24-28/h4-5,10-11,15-18,24-25,29-32,39H,1-2,6-9,12-14,19-23H2,3H3/t25?,29-,30+,31-,32?,36?/m0/s1. The number of anilines is 1. The third-order valence-corrected chi connectivity index (χ3v) is 11.8. The van der Waals surface area contributed by atoms with Gasteiger partial charge in [-0.25, -0.2) is 0 Å². The summed E-state index contributed by atoms with van der Waals surface area (Å²) in [7, 11) is 0. The molecule has 3 saturated heterocycles. The molecule has 236 valence electrons. The van der Waals surface area contributed by atoms with E-state index >= 15 is 0 Å². The Morgan fingerprint density at radius 2 is 1.84 bits per heavy atom. The molecule has 3 fully saturated rings. The summed E-state index contributed by atoms with van der Waals surface area (Å²) in [5, 5.41) is 11.3. The smallest absolute Gasteiger partial charge is 0.310 e. The molecule has 3 unspecified atom stereocenters. The number of carbonyl (C=O) groups excluding carboxylic acids is 3. The van der Waals surface area contributed by atoms with Crippen molar-refractivity contribution in [3.05, 3.63) is 67.8 Å². The minimum Gasteiger partial charge on any atom is -0.465 e. The summed E-state index contributed by atoms with van der Waals surface area (Å²) in [6.07, 6.45) is 10.1. The molecule has 8 heteroatoms. The van der Waals surface area contributed by atoms with Crippen LogP contribution in [-0.2, 0) is 19.1 Å². The minimum absolute atomic E-state index is 0.0462. The summed E-state index contributed by atoms with van der Waals surface area (Å²) in [5.41, 5.74) is 0.768. The van der Waals surface area contributed by atoms with Gasteiger partial charge in [0.15, 0.2) is 0 Å². The number of rotatable bonds is 16. The maximum Gasteiger partial charge on any atom is 0.310 e. The van der Waals surface area contributed by atoms with Crippen molar-refractivity contribution in [3.63, 3.8) is 0 Å². The van der Waals surface area contributed by atoms with E-state index in [0.29, 0.717) is 26.1 Å². The van der Waals surface area contributed by atoms with Gasteiger partial charge in [-0.2, -0.15) is 0 Å². The van der Waals surface area contributed by atoms with Crippen LogP contribution in [0.3, 0.4) is 0 Å². The van der Waals surface area contributed by atoms with Gasteiger partial charge < -0.3 is 19.6 Å². The average Bonchev–Trinajstić information content (AvgIpc) is 3.62. The summed E-state index contributed by atoms with van der Waals surface area (Å²) in [5.74, 6) is -1.58. The number of amides is 2. The predicted molar refractivity (Wildman–Crippen MR) is 177 cm³/mol. The Balaban J connectivity index is 1.48. The number of hydrogen-bond donors (Lipinski definition) is 1. The quantitative estimate of drug-likeness (QED) is 0.138. The molecule has 2 aromatic rings. The number of allylic oxidation sites excluding steroid dienone is 1. The molecule has 0 aromatic heterocycles. The molecular formula is C36H46N2O5S. The lowest BCUT2D eigenvalue weighted by atomic mass is 9.66. The number of ether oxygens (including phenoxy) is 1. The second-order valence-corrected chi connectivity index (χ2v) is 14.0. The predicted octanol–water partition coefficient (Wildman–Crippen LogP) is 6.15. The van der Waals surface area contributed by atoms with Crippen LogP contribution in [0.15, 0.2) is 67.8 Å². The zero-order valence-corrected chi connectivity index (χ0v) is 26.7. The van der Waals surface area contributed by atoms with E-state index in [1.165, 1.54) is 0 Å². The van der Waals surface area contributed by atoms with E-state index in [1.807, 2.05) is 48.5 Å². The maximum absolute atomic E-state index is 14.9. The van der Waals surface area contributed by atoms with E-state index in [9.17, 15) is 19.5 Å². The van der Waals surface area contributed by atoms with E-state index in [1.54, 1.807) is 27.6 Å². The van der Waals surface area contributed by atoms with Gasteiger partial charge in [0, 0.05) is 30.6 Å². The number of aliphatic hydroxyl groups excluding tert-OH is 1. The molecule has 5 rings (SSSR count). The lowest BCUT2D eigenvalue weighted by molar-refractivity contribution is -0.154. The van der Waals surface area contributed by atoms with Crippen LogP contribution < -0.4 is 4.90 Å². The van der Waals surface area contributed by atoms with Crippen molar-refractivity contribution >= 4 is 46.0 Å². The molecule has 6 atom stereocenters. The fraction of sp³-hybridized carbons (Fsp3) is 0.528. The topological polar surface area (TPSA) is 87.2 Å². The van der Waals surface area contributed by atoms with Crippen LogP contribution in [0.4, 0.5) is 5.69 Å². The van der Waals surface area contributed by atoms with E-state index in [4.69, 9.17) is 4.74 Å². The highest BCUT2D eigenvalue weighted by Crippen LogP contribution is 2.68. The normalized spacial score (nSPS) is 27.0. The van der Waals surface area contributed by atoms with E-state index in [-0.39, 0.29) is 35.6 Å². The molecule has 1 N–H and O–H groups in total. The van der Waals surface area contributed by atoms with Crippen molar-refractivity contribution in [2.24, 2.45) is 17.8 Å². The minimum atomic E-state index is -0.702. The summed E-state index contributed by atoms with van der Waals surface area (Å²) in [6, 6.07) is 13.4. The Bertz CT molecular complexity index is 1380. The first-order chi connectivity index (χ1) is 21.4. The highest BCUT2D eigenvalue weighted by atomic mass is 32.2. The lowest BCUT2D eigenvalue weighted by Gasteiger charge is -2.40. The Labute approximate surface area is 265 Å². The van der Waals surface area contributed by atoms with Gasteiger partial charge in [-0.1, -0.05) is 62.2 Å². The number of esters is 1. The molecule has 44 heavy (non-hydrogen) atoms. The molecule has 3 heterocycles. The number of aliphatic hydroxyl groups is 1. The zero-order chi connectivity index (χ0) is 31.3. The molecule has 2 amide bonds. The maximum atomic E-state index is 14.9. The van der Waals surface area contributed by atoms with Gasteiger partial charge in [0.1, 0.15) is 6.04 Å². The highest BCUT2D eigenvalue weighted by Gasteiger charge is 2.76. The summed E-state index contributed by atoms with van der Waals surface area (Å²) < 4.78 is 5.07. The molecule has 1 spiro atoms. The van der Waals surface area contributed by atoms with Crippen LogP contribution in [0, 0.1) is 17.8 Å². The Kier molecular flexibility index (Phi) is 10.5. The van der Waals surface area contributed by atoms with Gasteiger partial charge >= 0.3 is 5.97 Å². The third-order valence-electron chi connectivity index (χ3n) is 9.73. The number of hydrogen-bond acceptors (Lipinski definition) is 6. The second kappa shape index (κ2) is 14.3. The summed E-state index contributed by atoms with van der Waals surface area (Å²) >= 11 is 1.68. The molecule has 0 radical (unpaired) electrons. The number of likely N-dealkylation sites (tertiary alicyclic amines) is 1. The van der Waals surface area contributed by atoms with Crippen molar-refractivity contribution in [1.82, 2.24) is 4.90 Å². The van der Waals surface area contributed by atoms with Crippen LogP contribution in [0.1, 0.15) is 58.3 Å². The number of fused-ring (bicyclic) bond motifs is 2. The largest absolute Gasteiger partial charge is 0.465 e. The van der Waals surface area contributed by atoms with Crippen molar-refractivity contribution in [2.75, 3.05) is 31.2 Å². The van der Waals surface area contributed by atoms with Gasteiger partial charge in [-0.15, -0.1) is 24.9 Å². The number of carbonyl (C=O) groups is 3. The Hall–Kier alpha value is -3.10. The van der Waals surface area contributed by atoms with Gasteiger partial charge in [-0.3, -0.25) is 14.4 Å². The number of benzene rings is 2. The Morgan fingerprint density at radius 1 is 1.07 bits per heavy atom. The van der Waals surface area contributed by atoms with Gasteiger partial charge in [-0.05, 0) is 67.3 Å². The highest BCUT2D eigenvalue weighted by molar-refractivity contribution is 8.02. The number of thioether (sulfide) groups is 1. The number of nitrogens with zero attached hydrogens (tertiary/aromatic N) is 2. The SMILES string of the molecule is C=CCCCCOC(=O)[C@@H]1[C@@H]2CC(C)C3(S2)C(C(=O)N(CC=C)c2ccc4ccccc4c2)N(CCCCCCO)C(=O)[C@H]13. The fourth-order valence-electron chi connectivity index (χ4n) is 7.66. The van der Waals surface area contributed by atoms with E-state index in [0.717, 1.165) is 61.4 Å². The molecule has 2 aromatic carbocycles. The van der Waals surface area contributed by atoms with Gasteiger partial charge in [0.2, 0.25) is 5.91 Å². The molecule has 0 saturated carbocycles. The third kappa shape index (κ3) is 5.95. The molecule has 2 bridgehead atoms. The first kappa shape index (κ1) is 32.3. The number of unbranched alkanes of at least 4 members (excludes halogenated alkanes) is 5. The van der Waals surface area contributed by atoms with Crippen LogP contribution in [0.25, 0.3) is 10.8 Å². The van der Waals surface area contributed by atoms with Crippen molar-refractivity contribution in [1.29, 1.82) is 0 Å². The summed E-state index contributed by atoms with van der Waals surface area (Å²) in [6.45, 7) is 11.1. The fourth-order valence-corrected chi connectivity index (χ4v) is 10.1. The second-order valence-electron chi connectivity index (χ2n) is 12.4. The molecular weight excluding hydrogens is 572 g/mol. The van der Waals surface area contributed by atoms with Gasteiger partial charge in [0.05, 0.1) is 23.2 Å². The first-order valence-corrected chi connectivity index (χ1v) is 17.0. The first-order valence-electron chi connectivity index (χ1n) is 16.2. The van der Waals surface area contributed by atoms with Crippen LogP contribution >= 0.6 is 11.8 Å². The van der Waals surface area contributed by atoms with Crippen LogP contribution in [0.2, 0.25) is 0 Å². The Morgan fingerprint density at radius 3 is 2.59 bits per heavy atom. The van der Waals surface area contributed by atoms with Crippen molar-refractivity contribution < 1.29 is 24.2 Å². The van der Waals surface area contributed by atoms with Gasteiger partial charge in [0.25, 0.3) is 5.91 Å². The lowest BCUT2D eigenvalue weighted by Crippen LogP contribution is -2.57. The zero-order valence-electron chi connectivity index (χ0n) is 25.9. The van der Waals surface area contributed by atoms with Crippen LogP contribution in [-0.4, -0.2) is 70.1 Å². The monoisotopic (exact) mass is 618 g/mol. The molecule has 7 nitrogen and oxygen atoms in total. The van der Waals surface area contributed by atoms with Crippen molar-refractivity contribution in [3.8, 4) is 0 Å². The average molecular weight is 619 g/mol. The molecule has 0 aliphatic carbocycles. The summed E-state index contributed by atoms with van der Waals surface area (Å²) in [4.78, 5) is 46.5. The van der Waals surface area contributed by atoms with E-state index in [2.05, 4.69) is 20.1 Å². The van der Waals surface area contributed by atoms with Crippen LogP contribution in [0.5, 0.6) is 0 Å². The molecule has 3 aliphatic rings.